The molecule has 0 aliphatic carbocycles. The first-order valence-corrected chi connectivity index (χ1v) is 4.89. The number of likely N-dealkylation sites (N-methyl/N-ethyl adjacent to an activating group) is 1. The van der Waals surface area contributed by atoms with Crippen LogP contribution in [0.5, 0.6) is 0 Å². The molecule has 0 radical (unpaired) electrons. The summed E-state index contributed by atoms with van der Waals surface area (Å²) in [6.45, 7) is 9.84. The lowest BCUT2D eigenvalue weighted by atomic mass is 10.2. The minimum absolute atomic E-state index is 0.299. The molecule has 0 N–H and O–H groups in total. The molecule has 1 unspecified atom stereocenters. The van der Waals surface area contributed by atoms with Crippen LogP contribution in [0, 0.1) is 0 Å². The second-order valence-corrected chi connectivity index (χ2v) is 3.69. The number of aliphatic imine (C=N–C) groups is 1. The Hall–Kier alpha value is -0.240. The quantitative estimate of drug-likeness (QED) is 0.364. The molecule has 3 heteroatoms. The fourth-order valence-electron chi connectivity index (χ4n) is 1.25. The van der Waals surface area contributed by atoms with Gasteiger partial charge < -0.3 is 4.48 Å². The molecule has 1 atom stereocenters. The highest BCUT2D eigenvalue weighted by molar-refractivity contribution is 7.78. The number of hydrogen-bond acceptors (Lipinski definition) is 2. The first kappa shape index (κ1) is 11.8. The van der Waals surface area contributed by atoms with E-state index in [1.54, 1.807) is 0 Å². The van der Waals surface area contributed by atoms with Crippen LogP contribution in [0.2, 0.25) is 0 Å². The van der Waals surface area contributed by atoms with E-state index in [4.69, 9.17) is 0 Å². The van der Waals surface area contributed by atoms with Crippen molar-refractivity contribution in [2.75, 3.05) is 26.7 Å². The summed E-state index contributed by atoms with van der Waals surface area (Å²) in [5.41, 5.74) is 0. The maximum Gasteiger partial charge on any atom is 0.106 e. The second kappa shape index (κ2) is 5.41. The third-order valence-electron chi connectivity index (χ3n) is 2.50. The van der Waals surface area contributed by atoms with Crippen LogP contribution in [0.1, 0.15) is 20.8 Å². The first-order chi connectivity index (χ1) is 5.58. The van der Waals surface area contributed by atoms with Gasteiger partial charge in [-0.1, -0.05) is 0 Å². The Morgan fingerprint density at radius 2 is 1.92 bits per heavy atom. The Kier molecular flexibility index (Phi) is 5.31. The van der Waals surface area contributed by atoms with Crippen LogP contribution in [0.3, 0.4) is 0 Å². The summed E-state index contributed by atoms with van der Waals surface area (Å²) in [5, 5.41) is 2.44. The van der Waals surface area contributed by atoms with Crippen molar-refractivity contribution in [3.8, 4) is 0 Å². The zero-order valence-corrected chi connectivity index (χ0v) is 9.32. The van der Waals surface area contributed by atoms with E-state index in [1.165, 1.54) is 0 Å². The van der Waals surface area contributed by atoms with E-state index in [0.29, 0.717) is 6.04 Å². The summed E-state index contributed by atoms with van der Waals surface area (Å²) >= 11 is 4.57. The predicted molar refractivity (Wildman–Crippen MR) is 56.6 cm³/mol. The van der Waals surface area contributed by atoms with Crippen LogP contribution in [0.4, 0.5) is 0 Å². The van der Waals surface area contributed by atoms with Gasteiger partial charge in [0.1, 0.15) is 12.6 Å². The summed E-state index contributed by atoms with van der Waals surface area (Å²) in [5.74, 6) is 0. The molecule has 0 aromatic heterocycles. The summed E-state index contributed by atoms with van der Waals surface area (Å²) < 4.78 is 1.06. The average molecular weight is 187 g/mol. The number of quaternary nitrogens is 1. The lowest BCUT2D eigenvalue weighted by molar-refractivity contribution is -0.906. The van der Waals surface area contributed by atoms with Crippen LogP contribution in [0.25, 0.3) is 0 Å². The number of isothiocyanates is 1. The summed E-state index contributed by atoms with van der Waals surface area (Å²) in [6, 6.07) is 0.299. The summed E-state index contributed by atoms with van der Waals surface area (Å²) in [7, 11) is 2.25. The topological polar surface area (TPSA) is 12.4 Å². The third kappa shape index (κ3) is 3.96. The fourth-order valence-corrected chi connectivity index (χ4v) is 1.43. The smallest absolute Gasteiger partial charge is 0.106 e. The Morgan fingerprint density at radius 1 is 1.42 bits per heavy atom. The SMILES string of the molecule is CC[N+](C)(CC)CC(C)N=C=S. The first-order valence-electron chi connectivity index (χ1n) is 4.48. The highest BCUT2D eigenvalue weighted by Crippen LogP contribution is 2.04. The van der Waals surface area contributed by atoms with Gasteiger partial charge >= 0.3 is 0 Å². The van der Waals surface area contributed by atoms with Gasteiger partial charge in [0.05, 0.1) is 25.3 Å². The van der Waals surface area contributed by atoms with Crippen LogP contribution in [0.15, 0.2) is 4.99 Å². The van der Waals surface area contributed by atoms with Crippen molar-refractivity contribution < 1.29 is 4.48 Å². The minimum Gasteiger partial charge on any atom is -0.325 e. The van der Waals surface area contributed by atoms with Crippen molar-refractivity contribution in [1.29, 1.82) is 0 Å². The van der Waals surface area contributed by atoms with Gasteiger partial charge in [0.2, 0.25) is 0 Å². The lowest BCUT2D eigenvalue weighted by Crippen LogP contribution is -2.47. The molecular weight excluding hydrogens is 168 g/mol. The largest absolute Gasteiger partial charge is 0.325 e. The van der Waals surface area contributed by atoms with Crippen molar-refractivity contribution in [3.63, 3.8) is 0 Å². The van der Waals surface area contributed by atoms with E-state index in [-0.39, 0.29) is 0 Å². The van der Waals surface area contributed by atoms with Crippen molar-refractivity contribution in [2.45, 2.75) is 26.8 Å². The highest BCUT2D eigenvalue weighted by atomic mass is 32.1. The van der Waals surface area contributed by atoms with Crippen LogP contribution in [-0.2, 0) is 0 Å². The number of thiocarbonyl (C=S) groups is 1. The van der Waals surface area contributed by atoms with E-state index in [1.807, 2.05) is 0 Å². The van der Waals surface area contributed by atoms with E-state index < -0.39 is 0 Å². The minimum atomic E-state index is 0.299. The number of hydrogen-bond donors (Lipinski definition) is 0. The van der Waals surface area contributed by atoms with Crippen molar-refractivity contribution >= 4 is 17.4 Å². The fraction of sp³-hybridized carbons (Fsp3) is 0.889. The van der Waals surface area contributed by atoms with Crippen LogP contribution in [-0.4, -0.2) is 42.4 Å². The van der Waals surface area contributed by atoms with Gasteiger partial charge in [-0.15, -0.1) is 0 Å². The molecule has 0 rings (SSSR count). The lowest BCUT2D eigenvalue weighted by Gasteiger charge is -2.33. The Balaban J connectivity index is 4.10. The van der Waals surface area contributed by atoms with E-state index in [2.05, 4.69) is 50.2 Å². The highest BCUT2D eigenvalue weighted by Gasteiger charge is 2.19. The maximum atomic E-state index is 4.57. The standard InChI is InChI=1S/C9H19N2S/c1-5-11(4,6-2)7-9(3)10-8-12/h9H,5-7H2,1-4H3/q+1. The molecular formula is C9H19N2S+. The van der Waals surface area contributed by atoms with Crippen molar-refractivity contribution in [2.24, 2.45) is 4.99 Å². The van der Waals surface area contributed by atoms with E-state index in [0.717, 1.165) is 24.1 Å². The van der Waals surface area contributed by atoms with E-state index in [9.17, 15) is 0 Å². The van der Waals surface area contributed by atoms with Gasteiger partial charge in [-0.25, -0.2) is 4.99 Å². The molecule has 12 heavy (non-hydrogen) atoms. The van der Waals surface area contributed by atoms with Gasteiger partial charge in [-0.05, 0) is 33.0 Å². The van der Waals surface area contributed by atoms with Gasteiger partial charge in [-0.3, -0.25) is 0 Å². The van der Waals surface area contributed by atoms with Gasteiger partial charge in [-0.2, -0.15) is 0 Å². The molecule has 2 nitrogen and oxygen atoms in total. The third-order valence-corrected chi connectivity index (χ3v) is 2.61. The van der Waals surface area contributed by atoms with Crippen molar-refractivity contribution in [3.05, 3.63) is 0 Å². The molecule has 0 spiro atoms. The van der Waals surface area contributed by atoms with Crippen LogP contribution < -0.4 is 0 Å². The van der Waals surface area contributed by atoms with Crippen molar-refractivity contribution in [1.82, 2.24) is 0 Å². The summed E-state index contributed by atoms with van der Waals surface area (Å²) in [4.78, 5) is 4.05. The summed E-state index contributed by atoms with van der Waals surface area (Å²) in [6.07, 6.45) is 0. The molecule has 70 valence electrons. The second-order valence-electron chi connectivity index (χ2n) is 3.50. The predicted octanol–water partition coefficient (Wildman–Crippen LogP) is 1.96. The molecule has 0 aromatic rings. The molecule has 0 fully saturated rings. The monoisotopic (exact) mass is 187 g/mol. The Morgan fingerprint density at radius 3 is 2.25 bits per heavy atom. The Labute approximate surface area is 80.9 Å². The molecule has 0 amide bonds. The molecule has 0 aliphatic rings. The van der Waals surface area contributed by atoms with Gasteiger partial charge in [0.15, 0.2) is 0 Å². The number of nitrogens with zero attached hydrogens (tertiary/aromatic N) is 2. The zero-order chi connectivity index (χ0) is 9.61. The normalized spacial score (nSPS) is 13.7. The Bertz CT molecular complexity index is 169. The average Bonchev–Trinajstić information content (AvgIpc) is 2.05. The molecule has 0 bridgehead atoms. The van der Waals surface area contributed by atoms with E-state index >= 15 is 0 Å². The molecule has 0 aliphatic heterocycles. The maximum absolute atomic E-state index is 4.57. The molecule has 0 saturated carbocycles. The molecule has 0 saturated heterocycles. The molecule has 0 aromatic carbocycles. The zero-order valence-electron chi connectivity index (χ0n) is 8.50. The number of rotatable bonds is 5. The van der Waals surface area contributed by atoms with Crippen LogP contribution >= 0.6 is 12.2 Å². The van der Waals surface area contributed by atoms with Gasteiger partial charge in [0, 0.05) is 0 Å². The van der Waals surface area contributed by atoms with Gasteiger partial charge in [0.25, 0.3) is 0 Å². The molecule has 0 heterocycles.